The highest BCUT2D eigenvalue weighted by Crippen LogP contribution is 2.42. The number of fused-ring (bicyclic) bond motifs is 1. The molecule has 6 rings (SSSR count). The normalized spacial score (nSPS) is 12.7. The molecule has 0 aliphatic heterocycles. The molecule has 10 heteroatoms. The number of methoxy groups -OCH3 is 1. The van der Waals surface area contributed by atoms with Crippen LogP contribution in [-0.2, 0) is 11.3 Å². The lowest BCUT2D eigenvalue weighted by Crippen LogP contribution is -2.21. The Hall–Kier alpha value is -4.59. The fourth-order valence-electron chi connectivity index (χ4n) is 4.74. The number of aryl methyl sites for hydroxylation is 1. The number of benzene rings is 1. The van der Waals surface area contributed by atoms with Crippen molar-refractivity contribution in [3.8, 4) is 34.3 Å². The SMILES string of the molecule is CC.COCCNCc1cc2ncn(-c3cc(-c4ccc(C#N)cc4-c4ncoc4C)cc(C4CC4)n3)c(=O)c2[nH]1. The third-order valence-electron chi connectivity index (χ3n) is 6.93. The molecule has 1 saturated carbocycles. The monoisotopic (exact) mass is 551 g/mol. The van der Waals surface area contributed by atoms with E-state index in [1.54, 1.807) is 13.2 Å². The highest BCUT2D eigenvalue weighted by molar-refractivity contribution is 5.84. The van der Waals surface area contributed by atoms with Crippen LogP contribution < -0.4 is 10.9 Å². The fraction of sp³-hybridized carbons (Fsp3) is 0.323. The Morgan fingerprint density at radius 3 is 2.71 bits per heavy atom. The third kappa shape index (κ3) is 5.82. The van der Waals surface area contributed by atoms with Gasteiger partial charge in [-0.25, -0.2) is 19.5 Å². The van der Waals surface area contributed by atoms with Gasteiger partial charge in [0, 0.05) is 43.1 Å². The Morgan fingerprint density at radius 2 is 2.00 bits per heavy atom. The lowest BCUT2D eigenvalue weighted by atomic mass is 9.94. The van der Waals surface area contributed by atoms with E-state index in [0.717, 1.165) is 40.9 Å². The van der Waals surface area contributed by atoms with Crippen molar-refractivity contribution in [2.45, 2.75) is 46.1 Å². The molecule has 0 atom stereocenters. The minimum Gasteiger partial charge on any atom is -0.448 e. The molecule has 10 nitrogen and oxygen atoms in total. The molecule has 0 saturated heterocycles. The van der Waals surface area contributed by atoms with Crippen LogP contribution in [0.2, 0.25) is 0 Å². The molecule has 0 radical (unpaired) electrons. The summed E-state index contributed by atoms with van der Waals surface area (Å²) >= 11 is 0. The molecule has 41 heavy (non-hydrogen) atoms. The number of nitriles is 1. The minimum absolute atomic E-state index is 0.220. The van der Waals surface area contributed by atoms with Crippen molar-refractivity contribution in [3.05, 3.63) is 82.2 Å². The maximum absolute atomic E-state index is 13.6. The first-order chi connectivity index (χ1) is 20.1. The number of aromatic amines is 1. The summed E-state index contributed by atoms with van der Waals surface area (Å²) in [5.41, 5.74) is 6.35. The maximum Gasteiger partial charge on any atom is 0.283 e. The van der Waals surface area contributed by atoms with Crippen LogP contribution in [0.25, 0.3) is 39.2 Å². The van der Waals surface area contributed by atoms with Crippen LogP contribution >= 0.6 is 0 Å². The number of hydrogen-bond donors (Lipinski definition) is 2. The van der Waals surface area contributed by atoms with E-state index in [9.17, 15) is 10.1 Å². The van der Waals surface area contributed by atoms with E-state index in [-0.39, 0.29) is 5.56 Å². The molecular formula is C31H33N7O3. The average molecular weight is 552 g/mol. The van der Waals surface area contributed by atoms with Gasteiger partial charge < -0.3 is 19.5 Å². The van der Waals surface area contributed by atoms with Gasteiger partial charge in [0.25, 0.3) is 5.56 Å². The Kier molecular flexibility index (Phi) is 8.38. The number of rotatable bonds is 9. The van der Waals surface area contributed by atoms with Gasteiger partial charge in [-0.05, 0) is 61.2 Å². The average Bonchev–Trinajstić information content (AvgIpc) is 3.64. The van der Waals surface area contributed by atoms with Crippen LogP contribution in [0.5, 0.6) is 0 Å². The van der Waals surface area contributed by atoms with Gasteiger partial charge in [-0.2, -0.15) is 5.26 Å². The largest absolute Gasteiger partial charge is 0.448 e. The zero-order valence-electron chi connectivity index (χ0n) is 23.7. The Morgan fingerprint density at radius 1 is 1.17 bits per heavy atom. The molecule has 1 aliphatic rings. The van der Waals surface area contributed by atoms with Crippen LogP contribution in [0.1, 0.15) is 55.3 Å². The highest BCUT2D eigenvalue weighted by atomic mass is 16.5. The van der Waals surface area contributed by atoms with Gasteiger partial charge in [0.1, 0.15) is 29.1 Å². The molecule has 1 aromatic carbocycles. The molecule has 1 fully saturated rings. The molecular weight excluding hydrogens is 518 g/mol. The van der Waals surface area contributed by atoms with Gasteiger partial charge in [0.2, 0.25) is 0 Å². The topological polar surface area (TPSA) is 135 Å². The lowest BCUT2D eigenvalue weighted by Gasteiger charge is -2.13. The van der Waals surface area contributed by atoms with Gasteiger partial charge >= 0.3 is 0 Å². The van der Waals surface area contributed by atoms with Crippen LogP contribution in [0.3, 0.4) is 0 Å². The number of oxazole rings is 1. The van der Waals surface area contributed by atoms with Gasteiger partial charge in [-0.3, -0.25) is 4.79 Å². The molecule has 5 aromatic rings. The zero-order chi connectivity index (χ0) is 28.9. The second kappa shape index (κ2) is 12.3. The molecule has 210 valence electrons. The summed E-state index contributed by atoms with van der Waals surface area (Å²) in [6.07, 6.45) is 5.05. The number of H-pyrrole nitrogens is 1. The first-order valence-electron chi connectivity index (χ1n) is 13.8. The quantitative estimate of drug-likeness (QED) is 0.237. The van der Waals surface area contributed by atoms with Crippen LogP contribution in [-0.4, -0.2) is 44.8 Å². The Balaban J connectivity index is 0.00000165. The van der Waals surface area contributed by atoms with Crippen molar-refractivity contribution in [2.75, 3.05) is 20.3 Å². The number of hydrogen-bond acceptors (Lipinski definition) is 8. The predicted molar refractivity (Wildman–Crippen MR) is 157 cm³/mol. The van der Waals surface area contributed by atoms with E-state index in [2.05, 4.69) is 32.4 Å². The zero-order valence-corrected chi connectivity index (χ0v) is 23.7. The first-order valence-corrected chi connectivity index (χ1v) is 13.8. The number of aromatic nitrogens is 5. The third-order valence-corrected chi connectivity index (χ3v) is 6.93. The van der Waals surface area contributed by atoms with Crippen LogP contribution in [0.15, 0.2) is 58.3 Å². The standard InChI is InChI=1S/C29H27N7O3.C2H6/c1-17-27(33-16-39-17)23-9-18(13-30)3-6-22(23)20-10-24(19-4-5-19)35-26(11-20)36-15-32-25-12-21(14-31-7-8-38-2)34-28(25)29(36)37;1-2/h3,6,9-12,15-16,19,31,34H,4-5,7-8,14H2,1-2H3;1-2H3. The summed E-state index contributed by atoms with van der Waals surface area (Å²) in [5.74, 6) is 1.51. The Labute approximate surface area is 238 Å². The van der Waals surface area contributed by atoms with E-state index in [1.807, 2.05) is 45.0 Å². The minimum atomic E-state index is -0.220. The summed E-state index contributed by atoms with van der Waals surface area (Å²) in [4.78, 5) is 30.6. The van der Waals surface area contributed by atoms with Gasteiger partial charge in [0.15, 0.2) is 6.39 Å². The molecule has 0 bridgehead atoms. The van der Waals surface area contributed by atoms with E-state index in [0.29, 0.717) is 59.5 Å². The van der Waals surface area contributed by atoms with Crippen molar-refractivity contribution in [2.24, 2.45) is 0 Å². The van der Waals surface area contributed by atoms with Crippen LogP contribution in [0.4, 0.5) is 0 Å². The molecule has 1 aliphatic carbocycles. The predicted octanol–water partition coefficient (Wildman–Crippen LogP) is 5.25. The van der Waals surface area contributed by atoms with E-state index < -0.39 is 0 Å². The van der Waals surface area contributed by atoms with Crippen molar-refractivity contribution in [3.63, 3.8) is 0 Å². The van der Waals surface area contributed by atoms with Crippen molar-refractivity contribution in [1.82, 2.24) is 29.8 Å². The van der Waals surface area contributed by atoms with Crippen molar-refractivity contribution >= 4 is 11.0 Å². The molecule has 0 amide bonds. The number of nitrogens with one attached hydrogen (secondary N) is 2. The van der Waals surface area contributed by atoms with Gasteiger partial charge in [-0.15, -0.1) is 0 Å². The van der Waals surface area contributed by atoms with Gasteiger partial charge in [0.05, 0.1) is 23.8 Å². The molecule has 0 unspecified atom stereocenters. The van der Waals surface area contributed by atoms with Crippen LogP contribution in [0, 0.1) is 18.3 Å². The molecule has 2 N–H and O–H groups in total. The summed E-state index contributed by atoms with van der Waals surface area (Å²) in [7, 11) is 1.66. The smallest absolute Gasteiger partial charge is 0.283 e. The molecule has 4 heterocycles. The maximum atomic E-state index is 13.6. The second-order valence-electron chi connectivity index (χ2n) is 9.69. The molecule has 4 aromatic heterocycles. The van der Waals surface area contributed by atoms with E-state index in [1.165, 1.54) is 17.3 Å². The number of ether oxygens (including phenoxy) is 1. The summed E-state index contributed by atoms with van der Waals surface area (Å²) in [5, 5.41) is 12.8. The summed E-state index contributed by atoms with van der Waals surface area (Å²) in [6, 6.07) is 13.6. The highest BCUT2D eigenvalue weighted by Gasteiger charge is 2.27. The first kappa shape index (κ1) is 28.0. The van der Waals surface area contributed by atoms with Crippen molar-refractivity contribution in [1.29, 1.82) is 5.26 Å². The summed E-state index contributed by atoms with van der Waals surface area (Å²) in [6.45, 7) is 7.72. The lowest BCUT2D eigenvalue weighted by molar-refractivity contribution is 0.199. The number of pyridine rings is 1. The number of nitrogens with zero attached hydrogens (tertiary/aromatic N) is 5. The second-order valence-corrected chi connectivity index (χ2v) is 9.69. The summed E-state index contributed by atoms with van der Waals surface area (Å²) < 4.78 is 12.0. The van der Waals surface area contributed by atoms with E-state index in [4.69, 9.17) is 14.1 Å². The fourth-order valence-corrected chi connectivity index (χ4v) is 4.74. The molecule has 0 spiro atoms. The van der Waals surface area contributed by atoms with Gasteiger partial charge in [-0.1, -0.05) is 19.9 Å². The Bertz CT molecular complexity index is 1770. The van der Waals surface area contributed by atoms with Crippen molar-refractivity contribution < 1.29 is 9.15 Å². The van der Waals surface area contributed by atoms with E-state index >= 15 is 0 Å².